The summed E-state index contributed by atoms with van der Waals surface area (Å²) in [6.07, 6.45) is -4.06. The fourth-order valence-electron chi connectivity index (χ4n) is 3.71. The molecule has 0 spiro atoms. The zero-order valence-electron chi connectivity index (χ0n) is 17.3. The minimum Gasteiger partial charge on any atom is -0.497 e. The molecule has 33 heavy (non-hydrogen) atoms. The molecule has 1 aromatic carbocycles. The van der Waals surface area contributed by atoms with Crippen molar-refractivity contribution in [3.8, 4) is 5.75 Å². The van der Waals surface area contributed by atoms with Gasteiger partial charge in [0.2, 0.25) is 11.7 Å². The SMILES string of the molecule is COc1cccc(Cn2c[n+]([C@@H]3O[C@H](COP(=O)(O)O)[C@@H](O)[C@H]3O)c3nc(N)[nH]c(=O)c32)c1. The fraction of sp³-hybridized carbons (Fsp3) is 0.389. The van der Waals surface area contributed by atoms with Crippen LogP contribution in [0.3, 0.4) is 0 Å². The summed E-state index contributed by atoms with van der Waals surface area (Å²) in [5.74, 6) is 0.452. The number of phosphoric acid groups is 1. The Balaban J connectivity index is 1.73. The maximum absolute atomic E-state index is 12.7. The fourth-order valence-corrected chi connectivity index (χ4v) is 4.06. The topological polar surface area (TPSA) is 206 Å². The summed E-state index contributed by atoms with van der Waals surface area (Å²) in [7, 11) is -3.28. The quantitative estimate of drug-likeness (QED) is 0.166. The van der Waals surface area contributed by atoms with Crippen LogP contribution in [0.4, 0.5) is 5.95 Å². The number of benzene rings is 1. The van der Waals surface area contributed by atoms with Crippen molar-refractivity contribution in [3.05, 3.63) is 46.5 Å². The summed E-state index contributed by atoms with van der Waals surface area (Å²) in [4.78, 5) is 37.1. The number of aliphatic hydroxyl groups is 2. The van der Waals surface area contributed by atoms with Crippen LogP contribution in [-0.2, 0) is 20.4 Å². The summed E-state index contributed by atoms with van der Waals surface area (Å²) in [6, 6.07) is 7.18. The van der Waals surface area contributed by atoms with Crippen LogP contribution in [-0.4, -0.2) is 66.6 Å². The third-order valence-corrected chi connectivity index (χ3v) is 5.68. The number of hydrogen-bond acceptors (Lipinski definition) is 9. The number of aliphatic hydroxyl groups excluding tert-OH is 2. The minimum absolute atomic E-state index is 0.0759. The van der Waals surface area contributed by atoms with E-state index in [1.165, 1.54) is 18.0 Å². The van der Waals surface area contributed by atoms with Gasteiger partial charge in [0, 0.05) is 0 Å². The Morgan fingerprint density at radius 3 is 2.79 bits per heavy atom. The summed E-state index contributed by atoms with van der Waals surface area (Å²) in [5.41, 5.74) is 6.19. The second kappa shape index (κ2) is 8.83. The smallest absolute Gasteiger partial charge is 0.469 e. The van der Waals surface area contributed by atoms with Gasteiger partial charge in [-0.25, -0.2) is 9.13 Å². The van der Waals surface area contributed by atoms with Crippen molar-refractivity contribution in [2.45, 2.75) is 31.1 Å². The Kier molecular flexibility index (Phi) is 6.24. The minimum atomic E-state index is -4.82. The van der Waals surface area contributed by atoms with E-state index < -0.39 is 44.5 Å². The van der Waals surface area contributed by atoms with Crippen LogP contribution in [0, 0.1) is 0 Å². The number of hydrogen-bond donors (Lipinski definition) is 6. The van der Waals surface area contributed by atoms with Crippen LogP contribution in [0.2, 0.25) is 0 Å². The lowest BCUT2D eigenvalue weighted by Gasteiger charge is -2.14. The average molecular weight is 484 g/mol. The lowest BCUT2D eigenvalue weighted by molar-refractivity contribution is -0.745. The molecule has 0 unspecified atom stereocenters. The van der Waals surface area contributed by atoms with Crippen LogP contribution in [0.15, 0.2) is 35.4 Å². The van der Waals surface area contributed by atoms with Gasteiger partial charge in [0.1, 0.15) is 24.1 Å². The molecule has 3 heterocycles. The Morgan fingerprint density at radius 2 is 2.09 bits per heavy atom. The van der Waals surface area contributed by atoms with E-state index in [2.05, 4.69) is 14.5 Å². The highest BCUT2D eigenvalue weighted by atomic mass is 31.2. The van der Waals surface area contributed by atoms with Crippen molar-refractivity contribution in [3.63, 3.8) is 0 Å². The number of H-pyrrole nitrogens is 1. The zero-order chi connectivity index (χ0) is 23.9. The Labute approximate surface area is 186 Å². The third-order valence-electron chi connectivity index (χ3n) is 5.20. The number of imidazole rings is 1. The Bertz CT molecular complexity index is 1270. The number of aromatic nitrogens is 4. The predicted molar refractivity (Wildman–Crippen MR) is 111 cm³/mol. The summed E-state index contributed by atoms with van der Waals surface area (Å²) in [6.45, 7) is -0.441. The molecule has 0 radical (unpaired) electrons. The number of phosphoric ester groups is 1. The molecule has 1 aliphatic rings. The van der Waals surface area contributed by atoms with Crippen LogP contribution >= 0.6 is 7.82 Å². The number of ether oxygens (including phenoxy) is 2. The number of nitrogen functional groups attached to an aromatic ring is 1. The van der Waals surface area contributed by atoms with Gasteiger partial charge >= 0.3 is 13.5 Å². The maximum atomic E-state index is 12.7. The molecule has 1 saturated heterocycles. The van der Waals surface area contributed by atoms with Crippen molar-refractivity contribution in [2.24, 2.45) is 0 Å². The molecule has 7 N–H and O–H groups in total. The average Bonchev–Trinajstić information content (AvgIpc) is 3.23. The number of nitrogens with one attached hydrogen (secondary N) is 1. The molecule has 178 valence electrons. The number of rotatable bonds is 7. The van der Waals surface area contributed by atoms with Crippen molar-refractivity contribution in [1.82, 2.24) is 14.5 Å². The highest BCUT2D eigenvalue weighted by Gasteiger charge is 2.47. The molecular weight excluding hydrogens is 461 g/mol. The van der Waals surface area contributed by atoms with Crippen LogP contribution in [0.5, 0.6) is 5.75 Å². The van der Waals surface area contributed by atoms with Gasteiger partial charge in [0.15, 0.2) is 6.33 Å². The summed E-state index contributed by atoms with van der Waals surface area (Å²) >= 11 is 0. The summed E-state index contributed by atoms with van der Waals surface area (Å²) in [5, 5.41) is 20.9. The first-order valence-electron chi connectivity index (χ1n) is 9.72. The van der Waals surface area contributed by atoms with Gasteiger partial charge in [0.05, 0.1) is 20.3 Å². The highest BCUT2D eigenvalue weighted by molar-refractivity contribution is 7.46. The number of nitrogens with two attached hydrogens (primary N) is 1. The first-order valence-corrected chi connectivity index (χ1v) is 11.2. The van der Waals surface area contributed by atoms with E-state index in [1.54, 1.807) is 22.8 Å². The molecule has 0 bridgehead atoms. The first kappa shape index (κ1) is 23.3. The molecule has 14 nitrogen and oxygen atoms in total. The van der Waals surface area contributed by atoms with Crippen molar-refractivity contribution in [2.75, 3.05) is 19.5 Å². The highest BCUT2D eigenvalue weighted by Crippen LogP contribution is 2.37. The third kappa shape index (κ3) is 4.77. The van der Waals surface area contributed by atoms with Gasteiger partial charge < -0.3 is 35.2 Å². The second-order valence-corrected chi connectivity index (χ2v) is 8.70. The van der Waals surface area contributed by atoms with E-state index in [0.29, 0.717) is 5.75 Å². The standard InChI is InChI=1S/C18H22N5O9P/c1-30-10-4-2-3-9(5-10)6-22-8-23(15-12(22)16(26)21-18(19)20-15)17-14(25)13(24)11(32-17)7-31-33(27,28)29/h2-5,8,11,13-14,17,24-25H,6-7H2,1H3,(H4-,19,20,21,26,27,28,29)/p+1/t11-,13-,14-,17-/m1/s1. The Hall–Kier alpha value is -2.84. The lowest BCUT2D eigenvalue weighted by Crippen LogP contribution is -2.46. The number of fused-ring (bicyclic) bond motifs is 1. The molecule has 15 heteroatoms. The zero-order valence-corrected chi connectivity index (χ0v) is 18.2. The second-order valence-electron chi connectivity index (χ2n) is 7.46. The maximum Gasteiger partial charge on any atom is 0.469 e. The number of aromatic amines is 1. The van der Waals surface area contributed by atoms with E-state index in [9.17, 15) is 19.6 Å². The van der Waals surface area contributed by atoms with Crippen LogP contribution < -0.4 is 20.6 Å². The van der Waals surface area contributed by atoms with Crippen molar-refractivity contribution < 1.29 is 43.1 Å². The molecule has 4 atom stereocenters. The normalized spacial score (nSPS) is 23.3. The molecule has 1 aliphatic heterocycles. The molecule has 0 amide bonds. The van der Waals surface area contributed by atoms with Gasteiger partial charge in [-0.05, 0) is 17.7 Å². The summed E-state index contributed by atoms with van der Waals surface area (Å²) < 4.78 is 29.1. The van der Waals surface area contributed by atoms with Crippen LogP contribution in [0.25, 0.3) is 11.2 Å². The van der Waals surface area contributed by atoms with E-state index in [1.807, 2.05) is 6.07 Å². The van der Waals surface area contributed by atoms with E-state index in [4.69, 9.17) is 25.0 Å². The van der Waals surface area contributed by atoms with E-state index in [0.717, 1.165) is 5.56 Å². The van der Waals surface area contributed by atoms with Crippen molar-refractivity contribution in [1.29, 1.82) is 0 Å². The monoisotopic (exact) mass is 484 g/mol. The van der Waals surface area contributed by atoms with Crippen molar-refractivity contribution >= 4 is 24.9 Å². The molecule has 4 rings (SSSR count). The molecule has 0 saturated carbocycles. The van der Waals surface area contributed by atoms with Crippen LogP contribution in [0.1, 0.15) is 11.8 Å². The predicted octanol–water partition coefficient (Wildman–Crippen LogP) is -1.62. The van der Waals surface area contributed by atoms with E-state index >= 15 is 0 Å². The molecule has 0 aliphatic carbocycles. The van der Waals surface area contributed by atoms with E-state index in [-0.39, 0.29) is 23.7 Å². The van der Waals surface area contributed by atoms with Gasteiger partial charge in [0.25, 0.3) is 11.5 Å². The molecule has 3 aromatic rings. The molecule has 1 fully saturated rings. The lowest BCUT2D eigenvalue weighted by atomic mass is 10.1. The number of anilines is 1. The first-order chi connectivity index (χ1) is 15.6. The van der Waals surface area contributed by atoms with Gasteiger partial charge in [-0.1, -0.05) is 17.1 Å². The van der Waals surface area contributed by atoms with Gasteiger partial charge in [-0.2, -0.15) is 0 Å². The molecular formula is C18H23N5O9P+. The number of nitrogens with zero attached hydrogens (tertiary/aromatic N) is 3. The Morgan fingerprint density at radius 1 is 1.33 bits per heavy atom. The largest absolute Gasteiger partial charge is 0.497 e. The van der Waals surface area contributed by atoms with Gasteiger partial charge in [-0.15, -0.1) is 0 Å². The number of methoxy groups -OCH3 is 1. The van der Waals surface area contributed by atoms with Gasteiger partial charge in [-0.3, -0.25) is 18.9 Å². The molecule has 2 aromatic heterocycles.